The van der Waals surface area contributed by atoms with E-state index in [9.17, 15) is 4.79 Å². The van der Waals surface area contributed by atoms with E-state index in [0.29, 0.717) is 5.16 Å². The molecule has 1 amide bonds. The summed E-state index contributed by atoms with van der Waals surface area (Å²) in [7, 11) is 0. The molecule has 0 aliphatic carbocycles. The van der Waals surface area contributed by atoms with Crippen molar-refractivity contribution in [3.8, 4) is 5.75 Å². The number of imidazole rings is 1. The Morgan fingerprint density at radius 3 is 2.67 bits per heavy atom. The highest BCUT2D eigenvalue weighted by Crippen LogP contribution is 2.19. The lowest BCUT2D eigenvalue weighted by molar-refractivity contribution is -0.118. The van der Waals surface area contributed by atoms with Gasteiger partial charge in [0.25, 0.3) is 5.91 Å². The van der Waals surface area contributed by atoms with Gasteiger partial charge in [-0.25, -0.2) is 10.4 Å². The quantitative estimate of drug-likeness (QED) is 0.384. The Balaban J connectivity index is 1.47. The lowest BCUT2D eigenvalue weighted by Crippen LogP contribution is -2.22. The van der Waals surface area contributed by atoms with Crippen LogP contribution in [0.15, 0.2) is 58.8 Å². The van der Waals surface area contributed by atoms with Crippen molar-refractivity contribution >= 4 is 34.9 Å². The third-order valence-corrected chi connectivity index (χ3v) is 4.29. The minimum absolute atomic E-state index is 0.190. The van der Waals surface area contributed by atoms with Crippen LogP contribution in [0.4, 0.5) is 0 Å². The van der Waals surface area contributed by atoms with Crippen LogP contribution in [0.2, 0.25) is 0 Å². The van der Waals surface area contributed by atoms with Crippen molar-refractivity contribution in [2.45, 2.75) is 31.5 Å². The first-order valence-electron chi connectivity index (χ1n) is 8.58. The van der Waals surface area contributed by atoms with Crippen molar-refractivity contribution in [2.24, 2.45) is 5.10 Å². The molecule has 27 heavy (non-hydrogen) atoms. The molecular weight excluding hydrogens is 360 g/mol. The first-order chi connectivity index (χ1) is 12.9. The first kappa shape index (κ1) is 19.0. The Labute approximate surface area is 162 Å². The lowest BCUT2D eigenvalue weighted by Gasteiger charge is -2.21. The normalized spacial score (nSPS) is 11.8. The van der Waals surface area contributed by atoms with Crippen molar-refractivity contribution in [1.82, 2.24) is 15.4 Å². The highest BCUT2D eigenvalue weighted by molar-refractivity contribution is 7.99. The molecule has 0 aliphatic heterocycles. The fourth-order valence-corrected chi connectivity index (χ4v) is 3.00. The zero-order chi connectivity index (χ0) is 19.3. The summed E-state index contributed by atoms with van der Waals surface area (Å²) in [6, 6.07) is 15.3. The minimum Gasteiger partial charge on any atom is -0.488 e. The van der Waals surface area contributed by atoms with Crippen molar-refractivity contribution in [3.63, 3.8) is 0 Å². The molecule has 0 spiro atoms. The molecule has 3 aromatic rings. The van der Waals surface area contributed by atoms with Gasteiger partial charge in [-0.05, 0) is 62.7 Å². The van der Waals surface area contributed by atoms with Crippen LogP contribution < -0.4 is 10.2 Å². The number of para-hydroxylation sites is 2. The summed E-state index contributed by atoms with van der Waals surface area (Å²) in [4.78, 5) is 19.5. The zero-order valence-electron chi connectivity index (χ0n) is 15.5. The van der Waals surface area contributed by atoms with Gasteiger partial charge in [-0.1, -0.05) is 23.9 Å². The molecule has 0 aliphatic rings. The summed E-state index contributed by atoms with van der Waals surface area (Å²) in [5.41, 5.74) is 5.01. The van der Waals surface area contributed by atoms with Crippen molar-refractivity contribution in [1.29, 1.82) is 0 Å². The van der Waals surface area contributed by atoms with E-state index in [1.807, 2.05) is 69.3 Å². The fraction of sp³-hybridized carbons (Fsp3) is 0.250. The second-order valence-corrected chi connectivity index (χ2v) is 7.89. The number of aromatic amines is 1. The van der Waals surface area contributed by atoms with Gasteiger partial charge in [0.05, 0.1) is 23.0 Å². The highest BCUT2D eigenvalue weighted by Gasteiger charge is 2.11. The molecule has 0 saturated heterocycles. The molecule has 0 unspecified atom stereocenters. The summed E-state index contributed by atoms with van der Waals surface area (Å²) in [5.74, 6) is 0.838. The maximum Gasteiger partial charge on any atom is 0.250 e. The molecule has 2 aromatic carbocycles. The number of benzene rings is 2. The van der Waals surface area contributed by atoms with E-state index in [1.165, 1.54) is 11.8 Å². The van der Waals surface area contributed by atoms with E-state index < -0.39 is 0 Å². The van der Waals surface area contributed by atoms with Crippen LogP contribution in [0, 0.1) is 0 Å². The maximum atomic E-state index is 11.9. The van der Waals surface area contributed by atoms with Crippen LogP contribution in [-0.4, -0.2) is 33.4 Å². The molecule has 1 heterocycles. The number of thioether (sulfide) groups is 1. The number of fused-ring (bicyclic) bond motifs is 1. The minimum atomic E-state index is -0.235. The van der Waals surface area contributed by atoms with Crippen molar-refractivity contribution in [2.75, 3.05) is 5.75 Å². The van der Waals surface area contributed by atoms with Gasteiger partial charge in [-0.15, -0.1) is 0 Å². The SMILES string of the molecule is CC(C)(C)Oc1ccc(/C=N\NC(=O)CSc2nc3ccccc3[nH]2)cc1. The molecule has 7 heteroatoms. The Kier molecular flexibility index (Phi) is 5.81. The summed E-state index contributed by atoms with van der Waals surface area (Å²) >= 11 is 1.34. The second-order valence-electron chi connectivity index (χ2n) is 6.92. The van der Waals surface area contributed by atoms with Crippen molar-refractivity contribution in [3.05, 3.63) is 54.1 Å². The van der Waals surface area contributed by atoms with Crippen LogP contribution in [0.5, 0.6) is 5.75 Å². The lowest BCUT2D eigenvalue weighted by atomic mass is 10.2. The molecule has 0 saturated carbocycles. The predicted octanol–water partition coefficient (Wildman–Crippen LogP) is 3.98. The monoisotopic (exact) mass is 382 g/mol. The highest BCUT2D eigenvalue weighted by atomic mass is 32.2. The number of aromatic nitrogens is 2. The van der Waals surface area contributed by atoms with Gasteiger partial charge in [-0.3, -0.25) is 4.79 Å². The van der Waals surface area contributed by atoms with Crippen LogP contribution in [0.1, 0.15) is 26.3 Å². The van der Waals surface area contributed by atoms with Gasteiger partial charge >= 0.3 is 0 Å². The summed E-state index contributed by atoms with van der Waals surface area (Å²) in [6.07, 6.45) is 1.60. The summed E-state index contributed by atoms with van der Waals surface area (Å²) in [6.45, 7) is 6.00. The summed E-state index contributed by atoms with van der Waals surface area (Å²) in [5, 5.41) is 4.70. The number of ether oxygens (including phenoxy) is 1. The molecule has 1 aromatic heterocycles. The molecular formula is C20H22N4O2S. The van der Waals surface area contributed by atoms with E-state index in [1.54, 1.807) is 6.21 Å². The van der Waals surface area contributed by atoms with Gasteiger partial charge in [0.1, 0.15) is 11.4 Å². The van der Waals surface area contributed by atoms with E-state index in [-0.39, 0.29) is 17.3 Å². The largest absolute Gasteiger partial charge is 0.488 e. The Hall–Kier alpha value is -2.80. The number of hydrogen-bond donors (Lipinski definition) is 2. The Bertz CT molecular complexity index is 910. The van der Waals surface area contributed by atoms with Gasteiger partial charge in [0, 0.05) is 0 Å². The standard InChI is InChI=1S/C20H22N4O2S/c1-20(2,3)26-15-10-8-14(9-11-15)12-21-24-18(25)13-27-19-22-16-6-4-5-7-17(16)23-19/h4-12H,13H2,1-3H3,(H,22,23)(H,24,25)/b21-12-. The summed E-state index contributed by atoms with van der Waals surface area (Å²) < 4.78 is 5.77. The molecule has 0 atom stereocenters. The Morgan fingerprint density at radius 2 is 1.96 bits per heavy atom. The van der Waals surface area contributed by atoms with E-state index in [2.05, 4.69) is 20.5 Å². The number of rotatable bonds is 6. The number of carbonyl (C=O) groups excluding carboxylic acids is 1. The Morgan fingerprint density at radius 1 is 1.22 bits per heavy atom. The number of hydrogen-bond acceptors (Lipinski definition) is 5. The van der Waals surface area contributed by atoms with Gasteiger partial charge < -0.3 is 9.72 Å². The van der Waals surface area contributed by atoms with Gasteiger partial charge in [0.15, 0.2) is 5.16 Å². The number of amides is 1. The topological polar surface area (TPSA) is 79.4 Å². The fourth-order valence-electron chi connectivity index (χ4n) is 2.32. The first-order valence-corrected chi connectivity index (χ1v) is 9.56. The van der Waals surface area contributed by atoms with E-state index in [4.69, 9.17) is 4.74 Å². The molecule has 0 bridgehead atoms. The van der Waals surface area contributed by atoms with Crippen LogP contribution in [0.3, 0.4) is 0 Å². The predicted molar refractivity (Wildman–Crippen MR) is 109 cm³/mol. The average molecular weight is 382 g/mol. The molecule has 140 valence electrons. The second kappa shape index (κ2) is 8.26. The maximum absolute atomic E-state index is 11.9. The third-order valence-electron chi connectivity index (χ3n) is 3.41. The smallest absolute Gasteiger partial charge is 0.250 e. The third kappa shape index (κ3) is 5.86. The number of nitrogens with zero attached hydrogens (tertiary/aromatic N) is 2. The van der Waals surface area contributed by atoms with Gasteiger partial charge in [-0.2, -0.15) is 5.10 Å². The van der Waals surface area contributed by atoms with Crippen LogP contribution in [-0.2, 0) is 4.79 Å². The van der Waals surface area contributed by atoms with E-state index in [0.717, 1.165) is 22.3 Å². The molecule has 0 radical (unpaired) electrons. The number of hydrazone groups is 1. The van der Waals surface area contributed by atoms with Crippen LogP contribution in [0.25, 0.3) is 11.0 Å². The van der Waals surface area contributed by atoms with Crippen LogP contribution >= 0.6 is 11.8 Å². The number of H-pyrrole nitrogens is 1. The number of nitrogens with one attached hydrogen (secondary N) is 2. The van der Waals surface area contributed by atoms with Crippen molar-refractivity contribution < 1.29 is 9.53 Å². The van der Waals surface area contributed by atoms with Gasteiger partial charge in [0.2, 0.25) is 0 Å². The molecule has 0 fully saturated rings. The zero-order valence-corrected chi connectivity index (χ0v) is 16.3. The number of carbonyl (C=O) groups is 1. The van der Waals surface area contributed by atoms with E-state index >= 15 is 0 Å². The molecule has 2 N–H and O–H groups in total. The molecule has 3 rings (SSSR count). The average Bonchev–Trinajstić information content (AvgIpc) is 3.03. The molecule has 6 nitrogen and oxygen atoms in total.